The van der Waals surface area contributed by atoms with Gasteiger partial charge in [0.05, 0.1) is 0 Å². The van der Waals surface area contributed by atoms with Gasteiger partial charge in [0.2, 0.25) is 5.95 Å². The molecule has 2 aromatic heterocycles. The summed E-state index contributed by atoms with van der Waals surface area (Å²) in [5, 5.41) is 8.68. The van der Waals surface area contributed by atoms with Gasteiger partial charge in [-0.2, -0.15) is 0 Å². The van der Waals surface area contributed by atoms with Crippen molar-refractivity contribution in [1.29, 1.82) is 0 Å². The Morgan fingerprint density at radius 2 is 2.24 bits per heavy atom. The molecule has 0 fully saturated rings. The zero-order valence-corrected chi connectivity index (χ0v) is 12.9. The smallest absolute Gasteiger partial charge is 0.300 e. The van der Waals surface area contributed by atoms with E-state index in [0.717, 1.165) is 10.7 Å². The average molecular weight is 310 g/mol. The van der Waals surface area contributed by atoms with Crippen molar-refractivity contribution in [3.8, 4) is 0 Å². The Morgan fingerprint density at radius 1 is 1.52 bits per heavy atom. The molecule has 0 saturated heterocycles. The SMILES string of the molecule is Cc1oc(C(=O)NN)cc1CSc1nnc(N)n1C(C)C. The van der Waals surface area contributed by atoms with Crippen molar-refractivity contribution in [3.05, 3.63) is 23.2 Å². The van der Waals surface area contributed by atoms with Gasteiger partial charge in [0, 0.05) is 17.4 Å². The minimum atomic E-state index is -0.455. The van der Waals surface area contributed by atoms with Gasteiger partial charge in [0.15, 0.2) is 10.9 Å². The first kappa shape index (κ1) is 15.4. The van der Waals surface area contributed by atoms with Gasteiger partial charge in [0.25, 0.3) is 0 Å². The van der Waals surface area contributed by atoms with E-state index in [1.54, 1.807) is 13.0 Å². The molecule has 114 valence electrons. The summed E-state index contributed by atoms with van der Waals surface area (Å²) in [6.45, 7) is 5.82. The minimum absolute atomic E-state index is 0.173. The lowest BCUT2D eigenvalue weighted by Crippen LogP contribution is -2.29. The summed E-state index contributed by atoms with van der Waals surface area (Å²) in [6.07, 6.45) is 0. The normalized spacial score (nSPS) is 11.1. The van der Waals surface area contributed by atoms with Crippen LogP contribution in [0.1, 0.15) is 41.8 Å². The molecule has 0 saturated carbocycles. The number of hydrazine groups is 1. The number of rotatable bonds is 5. The van der Waals surface area contributed by atoms with E-state index in [1.165, 1.54) is 11.8 Å². The number of furan rings is 1. The number of hydrogen-bond donors (Lipinski definition) is 3. The van der Waals surface area contributed by atoms with Crippen LogP contribution < -0.4 is 17.0 Å². The molecule has 0 spiro atoms. The van der Waals surface area contributed by atoms with Crippen molar-refractivity contribution in [1.82, 2.24) is 20.2 Å². The van der Waals surface area contributed by atoms with Crippen LogP contribution in [0.5, 0.6) is 0 Å². The van der Waals surface area contributed by atoms with Crippen LogP contribution in [0.25, 0.3) is 0 Å². The van der Waals surface area contributed by atoms with E-state index in [0.29, 0.717) is 17.5 Å². The summed E-state index contributed by atoms with van der Waals surface area (Å²) < 4.78 is 7.22. The van der Waals surface area contributed by atoms with Gasteiger partial charge in [-0.3, -0.25) is 14.8 Å². The molecule has 0 atom stereocenters. The number of nitrogens with one attached hydrogen (secondary N) is 1. The van der Waals surface area contributed by atoms with Gasteiger partial charge >= 0.3 is 5.91 Å². The number of aryl methyl sites for hydroxylation is 1. The van der Waals surface area contributed by atoms with E-state index < -0.39 is 5.91 Å². The fourth-order valence-electron chi connectivity index (χ4n) is 1.86. The Labute approximate surface area is 126 Å². The molecule has 0 aliphatic carbocycles. The van der Waals surface area contributed by atoms with Crippen LogP contribution in [0.15, 0.2) is 15.6 Å². The highest BCUT2D eigenvalue weighted by atomic mass is 32.2. The summed E-state index contributed by atoms with van der Waals surface area (Å²) in [4.78, 5) is 11.4. The first-order valence-electron chi connectivity index (χ1n) is 6.37. The molecule has 8 nitrogen and oxygen atoms in total. The molecule has 0 aromatic carbocycles. The van der Waals surface area contributed by atoms with Crippen LogP contribution in [-0.4, -0.2) is 20.7 Å². The molecule has 0 aliphatic rings. The molecule has 2 aromatic rings. The van der Waals surface area contributed by atoms with Crippen molar-refractivity contribution in [3.63, 3.8) is 0 Å². The number of amides is 1. The zero-order chi connectivity index (χ0) is 15.6. The molecule has 0 unspecified atom stereocenters. The predicted molar refractivity (Wildman–Crippen MR) is 79.5 cm³/mol. The number of carbonyl (C=O) groups excluding carboxylic acids is 1. The number of thioether (sulfide) groups is 1. The van der Waals surface area contributed by atoms with E-state index in [-0.39, 0.29) is 11.8 Å². The van der Waals surface area contributed by atoms with E-state index >= 15 is 0 Å². The molecule has 5 N–H and O–H groups in total. The van der Waals surface area contributed by atoms with Gasteiger partial charge in [-0.25, -0.2) is 5.84 Å². The van der Waals surface area contributed by atoms with Gasteiger partial charge in [-0.1, -0.05) is 11.8 Å². The molecule has 21 heavy (non-hydrogen) atoms. The first-order chi connectivity index (χ1) is 9.93. The fourth-order valence-corrected chi connectivity index (χ4v) is 2.97. The molecule has 9 heteroatoms. The number of anilines is 1. The van der Waals surface area contributed by atoms with Crippen LogP contribution >= 0.6 is 11.8 Å². The minimum Gasteiger partial charge on any atom is -0.456 e. The summed E-state index contributed by atoms with van der Waals surface area (Å²) in [6, 6.07) is 1.84. The molecule has 0 aliphatic heterocycles. The number of nitrogens with zero attached hydrogens (tertiary/aromatic N) is 3. The van der Waals surface area contributed by atoms with Gasteiger partial charge < -0.3 is 10.2 Å². The standard InChI is InChI=1S/C12H18N6O2S/c1-6(2)18-11(13)16-17-12(18)21-5-8-4-9(10(19)15-14)20-7(8)3/h4,6H,5,14H2,1-3H3,(H2,13,16)(H,15,19). The summed E-state index contributed by atoms with van der Waals surface area (Å²) >= 11 is 1.48. The Kier molecular flexibility index (Phi) is 4.53. The first-order valence-corrected chi connectivity index (χ1v) is 7.36. The molecular weight excluding hydrogens is 292 g/mol. The fraction of sp³-hybridized carbons (Fsp3) is 0.417. The second-order valence-electron chi connectivity index (χ2n) is 4.76. The van der Waals surface area contributed by atoms with E-state index in [1.807, 2.05) is 23.8 Å². The van der Waals surface area contributed by atoms with Gasteiger partial charge in [-0.05, 0) is 26.8 Å². The third kappa shape index (κ3) is 3.19. The second kappa shape index (κ2) is 6.19. The highest BCUT2D eigenvalue weighted by Crippen LogP contribution is 2.28. The lowest BCUT2D eigenvalue weighted by Gasteiger charge is -2.10. The Hall–Kier alpha value is -2.00. The topological polar surface area (TPSA) is 125 Å². The van der Waals surface area contributed by atoms with Crippen molar-refractivity contribution in [2.45, 2.75) is 37.7 Å². The largest absolute Gasteiger partial charge is 0.456 e. The molecule has 0 bridgehead atoms. The Bertz CT molecular complexity index is 648. The maximum atomic E-state index is 11.4. The number of nitrogens with two attached hydrogens (primary N) is 2. The van der Waals surface area contributed by atoms with Crippen LogP contribution in [0.4, 0.5) is 5.95 Å². The molecule has 2 rings (SSSR count). The highest BCUT2D eigenvalue weighted by molar-refractivity contribution is 7.98. The van der Waals surface area contributed by atoms with Crippen LogP contribution in [0.2, 0.25) is 0 Å². The van der Waals surface area contributed by atoms with Crippen LogP contribution in [0, 0.1) is 6.92 Å². The van der Waals surface area contributed by atoms with Crippen molar-refractivity contribution >= 4 is 23.6 Å². The van der Waals surface area contributed by atoms with Crippen molar-refractivity contribution < 1.29 is 9.21 Å². The number of nitrogen functional groups attached to an aromatic ring is 2. The van der Waals surface area contributed by atoms with Crippen LogP contribution in [0.3, 0.4) is 0 Å². The maximum absolute atomic E-state index is 11.4. The molecule has 2 heterocycles. The number of hydrogen-bond acceptors (Lipinski definition) is 7. The summed E-state index contributed by atoms with van der Waals surface area (Å²) in [5.41, 5.74) is 8.73. The lowest BCUT2D eigenvalue weighted by molar-refractivity contribution is 0.0924. The number of aromatic nitrogens is 3. The van der Waals surface area contributed by atoms with E-state index in [9.17, 15) is 4.79 Å². The predicted octanol–water partition coefficient (Wildman–Crippen LogP) is 1.24. The van der Waals surface area contributed by atoms with Crippen molar-refractivity contribution in [2.75, 3.05) is 5.73 Å². The van der Waals surface area contributed by atoms with Crippen molar-refractivity contribution in [2.24, 2.45) is 5.84 Å². The number of carbonyl (C=O) groups is 1. The Morgan fingerprint density at radius 3 is 2.86 bits per heavy atom. The summed E-state index contributed by atoms with van der Waals surface area (Å²) in [7, 11) is 0. The molecule has 0 radical (unpaired) electrons. The Balaban J connectivity index is 2.14. The van der Waals surface area contributed by atoms with E-state index in [4.69, 9.17) is 16.0 Å². The monoisotopic (exact) mass is 310 g/mol. The highest BCUT2D eigenvalue weighted by Gasteiger charge is 2.16. The zero-order valence-electron chi connectivity index (χ0n) is 12.1. The van der Waals surface area contributed by atoms with E-state index in [2.05, 4.69) is 10.2 Å². The third-order valence-corrected chi connectivity index (χ3v) is 3.93. The van der Waals surface area contributed by atoms with Gasteiger partial charge in [0.1, 0.15) is 5.76 Å². The average Bonchev–Trinajstić information content (AvgIpc) is 2.99. The molecule has 1 amide bonds. The second-order valence-corrected chi connectivity index (χ2v) is 5.70. The van der Waals surface area contributed by atoms with Crippen LogP contribution in [-0.2, 0) is 5.75 Å². The lowest BCUT2D eigenvalue weighted by atomic mass is 10.3. The molecular formula is C12H18N6O2S. The maximum Gasteiger partial charge on any atom is 0.300 e. The van der Waals surface area contributed by atoms with Gasteiger partial charge in [-0.15, -0.1) is 10.2 Å². The summed E-state index contributed by atoms with van der Waals surface area (Å²) in [5.74, 6) is 6.47. The third-order valence-electron chi connectivity index (χ3n) is 2.94. The quantitative estimate of drug-likeness (QED) is 0.328.